The van der Waals surface area contributed by atoms with E-state index in [2.05, 4.69) is 0 Å². The van der Waals surface area contributed by atoms with E-state index in [0.717, 1.165) is 0 Å². The van der Waals surface area contributed by atoms with Crippen LogP contribution in [-0.2, 0) is 14.3 Å². The monoisotopic (exact) mass is 348 g/mol. The van der Waals surface area contributed by atoms with Gasteiger partial charge in [0.1, 0.15) is 13.2 Å². The molecule has 2 aliphatic heterocycles. The molecule has 0 bridgehead atoms. The SMILES string of the molecule is NC(=O)C1CCN(C(=O)COC(=O)c2ccc3c(c2)OCCO3)CC1. The largest absolute Gasteiger partial charge is 0.486 e. The summed E-state index contributed by atoms with van der Waals surface area (Å²) in [5.41, 5.74) is 5.56. The lowest BCUT2D eigenvalue weighted by molar-refractivity contribution is -0.137. The average Bonchev–Trinajstić information content (AvgIpc) is 2.65. The number of benzene rings is 1. The highest BCUT2D eigenvalue weighted by atomic mass is 16.6. The van der Waals surface area contributed by atoms with Crippen molar-refractivity contribution in [2.75, 3.05) is 32.9 Å². The maximum absolute atomic E-state index is 12.1. The van der Waals surface area contributed by atoms with Crippen molar-refractivity contribution in [1.82, 2.24) is 4.90 Å². The summed E-state index contributed by atoms with van der Waals surface area (Å²) in [6, 6.07) is 4.75. The first-order valence-electron chi connectivity index (χ1n) is 8.18. The molecular weight excluding hydrogens is 328 g/mol. The summed E-state index contributed by atoms with van der Waals surface area (Å²) in [6.07, 6.45) is 1.08. The number of likely N-dealkylation sites (tertiary alicyclic amines) is 1. The molecule has 2 heterocycles. The number of amides is 2. The molecular formula is C17H20N2O6. The molecule has 2 aliphatic rings. The van der Waals surface area contributed by atoms with Gasteiger partial charge in [-0.1, -0.05) is 0 Å². The lowest BCUT2D eigenvalue weighted by atomic mass is 9.96. The quantitative estimate of drug-likeness (QED) is 0.786. The molecule has 25 heavy (non-hydrogen) atoms. The van der Waals surface area contributed by atoms with E-state index in [1.165, 1.54) is 0 Å². The Labute approximate surface area is 144 Å². The van der Waals surface area contributed by atoms with Crippen LogP contribution in [0, 0.1) is 5.92 Å². The molecule has 8 nitrogen and oxygen atoms in total. The zero-order valence-electron chi connectivity index (χ0n) is 13.7. The number of rotatable bonds is 4. The number of ether oxygens (including phenoxy) is 3. The molecule has 8 heteroatoms. The molecule has 2 amide bonds. The summed E-state index contributed by atoms with van der Waals surface area (Å²) in [6.45, 7) is 1.43. The third-order valence-electron chi connectivity index (χ3n) is 4.35. The van der Waals surface area contributed by atoms with Crippen LogP contribution in [0.2, 0.25) is 0 Å². The molecule has 134 valence electrons. The van der Waals surface area contributed by atoms with E-state index in [-0.39, 0.29) is 24.3 Å². The normalized spacial score (nSPS) is 17.0. The highest BCUT2D eigenvalue weighted by Crippen LogP contribution is 2.30. The van der Waals surface area contributed by atoms with Crippen molar-refractivity contribution < 1.29 is 28.6 Å². The molecule has 0 saturated carbocycles. The number of nitrogens with two attached hydrogens (primary N) is 1. The van der Waals surface area contributed by atoms with Crippen molar-refractivity contribution in [3.63, 3.8) is 0 Å². The zero-order valence-corrected chi connectivity index (χ0v) is 13.7. The molecule has 2 N–H and O–H groups in total. The molecule has 1 aromatic carbocycles. The van der Waals surface area contributed by atoms with Gasteiger partial charge >= 0.3 is 5.97 Å². The van der Waals surface area contributed by atoms with Gasteiger partial charge in [-0.15, -0.1) is 0 Å². The number of carbonyl (C=O) groups excluding carboxylic acids is 3. The van der Waals surface area contributed by atoms with Crippen LogP contribution in [0.25, 0.3) is 0 Å². The van der Waals surface area contributed by atoms with Crippen molar-refractivity contribution in [3.05, 3.63) is 23.8 Å². The molecule has 1 fully saturated rings. The molecule has 0 aliphatic carbocycles. The van der Waals surface area contributed by atoms with E-state index in [1.807, 2.05) is 0 Å². The first-order valence-corrected chi connectivity index (χ1v) is 8.18. The van der Waals surface area contributed by atoms with Crippen LogP contribution in [0.3, 0.4) is 0 Å². The Bertz CT molecular complexity index is 682. The van der Waals surface area contributed by atoms with E-state index in [0.29, 0.717) is 56.2 Å². The second-order valence-corrected chi connectivity index (χ2v) is 5.99. The Balaban J connectivity index is 1.50. The van der Waals surface area contributed by atoms with Gasteiger partial charge in [-0.05, 0) is 31.0 Å². The summed E-state index contributed by atoms with van der Waals surface area (Å²) in [5.74, 6) is -0.343. The second-order valence-electron chi connectivity index (χ2n) is 5.99. The number of fused-ring (bicyclic) bond motifs is 1. The van der Waals surface area contributed by atoms with Crippen LogP contribution in [0.1, 0.15) is 23.2 Å². The Morgan fingerprint density at radius 3 is 2.48 bits per heavy atom. The molecule has 1 aromatic rings. The fourth-order valence-electron chi connectivity index (χ4n) is 2.89. The van der Waals surface area contributed by atoms with Gasteiger partial charge in [0.2, 0.25) is 5.91 Å². The minimum absolute atomic E-state index is 0.190. The van der Waals surface area contributed by atoms with Gasteiger partial charge in [0, 0.05) is 19.0 Å². The summed E-state index contributed by atoms with van der Waals surface area (Å²) < 4.78 is 15.9. The number of primary amides is 1. The summed E-state index contributed by atoms with van der Waals surface area (Å²) in [7, 11) is 0. The lowest BCUT2D eigenvalue weighted by Gasteiger charge is -2.30. The average molecular weight is 348 g/mol. The summed E-state index contributed by atoms with van der Waals surface area (Å²) >= 11 is 0. The highest BCUT2D eigenvalue weighted by molar-refractivity contribution is 5.92. The molecule has 0 spiro atoms. The molecule has 0 atom stereocenters. The van der Waals surface area contributed by atoms with Crippen molar-refractivity contribution in [3.8, 4) is 11.5 Å². The van der Waals surface area contributed by atoms with E-state index in [4.69, 9.17) is 19.9 Å². The van der Waals surface area contributed by atoms with Gasteiger partial charge in [-0.2, -0.15) is 0 Å². The van der Waals surface area contributed by atoms with E-state index in [9.17, 15) is 14.4 Å². The summed E-state index contributed by atoms with van der Waals surface area (Å²) in [5, 5.41) is 0. The predicted molar refractivity (Wildman–Crippen MR) is 86.2 cm³/mol. The number of nitrogens with zero attached hydrogens (tertiary/aromatic N) is 1. The Kier molecular flexibility index (Phi) is 5.06. The summed E-state index contributed by atoms with van der Waals surface area (Å²) in [4.78, 5) is 37.0. The predicted octanol–water partition coefficient (Wildman–Crippen LogP) is 0.338. The van der Waals surface area contributed by atoms with Gasteiger partial charge in [0.05, 0.1) is 5.56 Å². The van der Waals surface area contributed by atoms with Gasteiger partial charge in [0.15, 0.2) is 18.1 Å². The van der Waals surface area contributed by atoms with Crippen molar-refractivity contribution in [2.24, 2.45) is 11.7 Å². The van der Waals surface area contributed by atoms with Crippen molar-refractivity contribution in [2.45, 2.75) is 12.8 Å². The minimum atomic E-state index is -0.600. The van der Waals surface area contributed by atoms with Crippen LogP contribution < -0.4 is 15.2 Å². The molecule has 0 radical (unpaired) electrons. The Morgan fingerprint density at radius 1 is 1.12 bits per heavy atom. The van der Waals surface area contributed by atoms with Crippen molar-refractivity contribution in [1.29, 1.82) is 0 Å². The van der Waals surface area contributed by atoms with Gasteiger partial charge < -0.3 is 24.8 Å². The zero-order chi connectivity index (χ0) is 17.8. The Hall–Kier alpha value is -2.77. The van der Waals surface area contributed by atoms with Crippen LogP contribution in [0.15, 0.2) is 18.2 Å². The van der Waals surface area contributed by atoms with Crippen LogP contribution in [0.5, 0.6) is 11.5 Å². The molecule has 1 saturated heterocycles. The van der Waals surface area contributed by atoms with E-state index in [1.54, 1.807) is 23.1 Å². The fourth-order valence-corrected chi connectivity index (χ4v) is 2.89. The maximum atomic E-state index is 12.1. The van der Waals surface area contributed by atoms with Gasteiger partial charge in [0.25, 0.3) is 5.91 Å². The molecule has 0 aromatic heterocycles. The topological polar surface area (TPSA) is 108 Å². The number of carbonyl (C=O) groups is 3. The lowest BCUT2D eigenvalue weighted by Crippen LogP contribution is -2.43. The van der Waals surface area contributed by atoms with Crippen molar-refractivity contribution >= 4 is 17.8 Å². The van der Waals surface area contributed by atoms with E-state index >= 15 is 0 Å². The Morgan fingerprint density at radius 2 is 1.80 bits per heavy atom. The first-order chi connectivity index (χ1) is 12.0. The smallest absolute Gasteiger partial charge is 0.338 e. The number of hydrogen-bond acceptors (Lipinski definition) is 6. The third kappa shape index (κ3) is 4.01. The standard InChI is InChI=1S/C17H20N2O6/c18-16(21)11-3-5-19(6-4-11)15(20)10-25-17(22)12-1-2-13-14(9-12)24-8-7-23-13/h1-2,9,11H,3-8,10H2,(H2,18,21). The molecule has 3 rings (SSSR count). The number of hydrogen-bond donors (Lipinski definition) is 1. The fraction of sp³-hybridized carbons (Fsp3) is 0.471. The maximum Gasteiger partial charge on any atom is 0.338 e. The number of esters is 1. The van der Waals surface area contributed by atoms with E-state index < -0.39 is 5.97 Å². The second kappa shape index (κ2) is 7.42. The third-order valence-corrected chi connectivity index (χ3v) is 4.35. The van der Waals surface area contributed by atoms with Crippen LogP contribution in [0.4, 0.5) is 0 Å². The van der Waals surface area contributed by atoms with Gasteiger partial charge in [-0.3, -0.25) is 9.59 Å². The van der Waals surface area contributed by atoms with Crippen LogP contribution in [-0.4, -0.2) is 55.6 Å². The highest BCUT2D eigenvalue weighted by Gasteiger charge is 2.26. The minimum Gasteiger partial charge on any atom is -0.486 e. The first kappa shape index (κ1) is 17.1. The molecule has 0 unspecified atom stereocenters. The number of piperidine rings is 1. The van der Waals surface area contributed by atoms with Gasteiger partial charge in [-0.25, -0.2) is 4.79 Å². The van der Waals surface area contributed by atoms with Crippen LogP contribution >= 0.6 is 0 Å².